The molecule has 2 rings (SSSR count). The zero-order valence-electron chi connectivity index (χ0n) is 11.9. The van der Waals surface area contributed by atoms with Crippen LogP contribution in [0.3, 0.4) is 0 Å². The van der Waals surface area contributed by atoms with Gasteiger partial charge in [0, 0.05) is 11.0 Å². The molecule has 116 valence electrons. The molecule has 1 aliphatic heterocycles. The summed E-state index contributed by atoms with van der Waals surface area (Å²) in [5.74, 6) is -2.31. The molecular formula is C12H15F3N4O2. The largest absolute Gasteiger partial charge is 0.473 e. The van der Waals surface area contributed by atoms with Crippen LogP contribution < -0.4 is 5.01 Å². The molecule has 0 aromatic carbocycles. The standard InChI is InChI=1S/C12H15F3N4O2/c1-6-5-16-18-8(6)19(10(21)12(13,14)15)17-7(9(18)20)11(2,3)4/h5,9,20H,1-4H3. The van der Waals surface area contributed by atoms with Gasteiger partial charge in [-0.05, 0) is 6.92 Å². The molecule has 1 N–H and O–H groups in total. The topological polar surface area (TPSA) is 70.7 Å². The molecule has 1 unspecified atom stereocenters. The van der Waals surface area contributed by atoms with Crippen molar-refractivity contribution in [3.63, 3.8) is 0 Å². The third-order valence-corrected chi connectivity index (χ3v) is 3.03. The number of halogens is 3. The number of aromatic nitrogens is 2. The number of hydrazone groups is 1. The van der Waals surface area contributed by atoms with Crippen LogP contribution in [0.1, 0.15) is 32.6 Å². The van der Waals surface area contributed by atoms with Crippen LogP contribution in [0, 0.1) is 12.3 Å². The summed E-state index contributed by atoms with van der Waals surface area (Å²) in [6.07, 6.45) is -5.11. The van der Waals surface area contributed by atoms with Crippen LogP contribution in [0.15, 0.2) is 11.3 Å². The number of aryl methyl sites for hydroxylation is 1. The van der Waals surface area contributed by atoms with Gasteiger partial charge in [-0.15, -0.1) is 0 Å². The summed E-state index contributed by atoms with van der Waals surface area (Å²) >= 11 is 0. The van der Waals surface area contributed by atoms with Crippen molar-refractivity contribution in [1.82, 2.24) is 9.78 Å². The molecular weight excluding hydrogens is 289 g/mol. The van der Waals surface area contributed by atoms with Gasteiger partial charge in [0.05, 0.1) is 11.9 Å². The molecule has 1 aromatic rings. The zero-order chi connectivity index (χ0) is 16.2. The molecule has 0 aliphatic carbocycles. The monoisotopic (exact) mass is 304 g/mol. The van der Waals surface area contributed by atoms with Gasteiger partial charge in [0.1, 0.15) is 0 Å². The Balaban J connectivity index is 2.63. The van der Waals surface area contributed by atoms with Crippen LogP contribution in [-0.4, -0.2) is 32.7 Å². The number of nitrogens with zero attached hydrogens (tertiary/aromatic N) is 4. The maximum Gasteiger partial charge on any atom is 0.473 e. The van der Waals surface area contributed by atoms with Crippen LogP contribution in [0.5, 0.6) is 0 Å². The van der Waals surface area contributed by atoms with E-state index in [0.717, 1.165) is 4.68 Å². The Bertz CT molecular complexity index is 613. The number of hydrogen-bond donors (Lipinski definition) is 1. The van der Waals surface area contributed by atoms with Crippen LogP contribution >= 0.6 is 0 Å². The van der Waals surface area contributed by atoms with Crippen molar-refractivity contribution < 1.29 is 23.1 Å². The number of anilines is 1. The smallest absolute Gasteiger partial charge is 0.367 e. The molecule has 6 nitrogen and oxygen atoms in total. The molecule has 9 heteroatoms. The van der Waals surface area contributed by atoms with Gasteiger partial charge in [-0.25, -0.2) is 4.68 Å². The van der Waals surface area contributed by atoms with Gasteiger partial charge < -0.3 is 5.11 Å². The van der Waals surface area contributed by atoms with Crippen molar-refractivity contribution in [3.05, 3.63) is 11.8 Å². The predicted octanol–water partition coefficient (Wildman–Crippen LogP) is 1.99. The lowest BCUT2D eigenvalue weighted by molar-refractivity contribution is -0.170. The van der Waals surface area contributed by atoms with Crippen LogP contribution in [-0.2, 0) is 4.79 Å². The number of hydrogen-bond acceptors (Lipinski definition) is 4. The van der Waals surface area contributed by atoms with E-state index < -0.39 is 23.7 Å². The molecule has 0 saturated carbocycles. The molecule has 0 radical (unpaired) electrons. The molecule has 0 spiro atoms. The number of rotatable bonds is 0. The predicted molar refractivity (Wildman–Crippen MR) is 68.7 cm³/mol. The molecule has 1 atom stereocenters. The number of amides is 1. The van der Waals surface area contributed by atoms with E-state index in [4.69, 9.17) is 0 Å². The summed E-state index contributed by atoms with van der Waals surface area (Å²) < 4.78 is 39.2. The number of alkyl halides is 3. The number of carbonyl (C=O) groups is 1. The fraction of sp³-hybridized carbons (Fsp3) is 0.583. The van der Waals surface area contributed by atoms with Gasteiger partial charge >= 0.3 is 12.1 Å². The van der Waals surface area contributed by atoms with E-state index in [0.29, 0.717) is 5.56 Å². The van der Waals surface area contributed by atoms with E-state index in [2.05, 4.69) is 10.2 Å². The summed E-state index contributed by atoms with van der Waals surface area (Å²) in [6, 6.07) is 0. The average molecular weight is 304 g/mol. The van der Waals surface area contributed by atoms with Crippen molar-refractivity contribution in [3.8, 4) is 0 Å². The van der Waals surface area contributed by atoms with Crippen molar-refractivity contribution in [2.45, 2.75) is 40.1 Å². The first-order chi connectivity index (χ1) is 9.44. The Morgan fingerprint density at radius 2 is 1.90 bits per heavy atom. The lowest BCUT2D eigenvalue weighted by Gasteiger charge is -2.34. The summed E-state index contributed by atoms with van der Waals surface area (Å²) in [7, 11) is 0. The second-order valence-corrected chi connectivity index (χ2v) is 5.82. The third-order valence-electron chi connectivity index (χ3n) is 3.03. The Kier molecular flexibility index (Phi) is 3.36. The molecule has 1 aliphatic rings. The minimum Gasteiger partial charge on any atom is -0.367 e. The van der Waals surface area contributed by atoms with Crippen molar-refractivity contribution in [2.75, 3.05) is 5.01 Å². The quantitative estimate of drug-likeness (QED) is 0.797. The average Bonchev–Trinajstić information content (AvgIpc) is 2.69. The molecule has 21 heavy (non-hydrogen) atoms. The lowest BCUT2D eigenvalue weighted by Crippen LogP contribution is -2.46. The molecule has 1 aromatic heterocycles. The minimum atomic E-state index is -5.07. The summed E-state index contributed by atoms with van der Waals surface area (Å²) in [5.41, 5.74) is -0.403. The van der Waals surface area contributed by atoms with Crippen LogP contribution in [0.4, 0.5) is 19.0 Å². The van der Waals surface area contributed by atoms with E-state index >= 15 is 0 Å². The Hall–Kier alpha value is -1.90. The van der Waals surface area contributed by atoms with Gasteiger partial charge in [-0.2, -0.15) is 28.4 Å². The van der Waals surface area contributed by atoms with Gasteiger partial charge in [0.2, 0.25) is 0 Å². The highest BCUT2D eigenvalue weighted by atomic mass is 19.4. The maximum atomic E-state index is 12.7. The zero-order valence-corrected chi connectivity index (χ0v) is 11.9. The van der Waals surface area contributed by atoms with Crippen molar-refractivity contribution in [1.29, 1.82) is 0 Å². The number of aliphatic hydroxyl groups excluding tert-OH is 1. The summed E-state index contributed by atoms with van der Waals surface area (Å²) in [5, 5.41) is 18.1. The minimum absolute atomic E-state index is 0.0238. The van der Waals surface area contributed by atoms with Gasteiger partial charge in [-0.1, -0.05) is 20.8 Å². The van der Waals surface area contributed by atoms with E-state index in [1.165, 1.54) is 13.1 Å². The molecule has 0 fully saturated rings. The fourth-order valence-corrected chi connectivity index (χ4v) is 2.01. The number of aliphatic hydroxyl groups is 1. The van der Waals surface area contributed by atoms with Crippen molar-refractivity contribution >= 4 is 17.4 Å². The first-order valence-electron chi connectivity index (χ1n) is 6.17. The highest BCUT2D eigenvalue weighted by molar-refractivity contribution is 6.02. The Morgan fingerprint density at radius 1 is 1.33 bits per heavy atom. The Morgan fingerprint density at radius 3 is 2.38 bits per heavy atom. The van der Waals surface area contributed by atoms with E-state index in [-0.39, 0.29) is 16.5 Å². The third kappa shape index (κ3) is 2.53. The number of fused-ring (bicyclic) bond motifs is 1. The van der Waals surface area contributed by atoms with E-state index in [9.17, 15) is 23.1 Å². The van der Waals surface area contributed by atoms with Crippen molar-refractivity contribution in [2.24, 2.45) is 10.5 Å². The summed E-state index contributed by atoms with van der Waals surface area (Å²) in [6.45, 7) is 6.51. The molecule has 0 bridgehead atoms. The van der Waals surface area contributed by atoms with E-state index in [1.807, 2.05) is 0 Å². The second-order valence-electron chi connectivity index (χ2n) is 5.82. The number of carbonyl (C=O) groups excluding carboxylic acids is 1. The van der Waals surface area contributed by atoms with Crippen LogP contribution in [0.2, 0.25) is 0 Å². The van der Waals surface area contributed by atoms with E-state index in [1.54, 1.807) is 20.8 Å². The second kappa shape index (κ2) is 4.55. The summed E-state index contributed by atoms with van der Waals surface area (Å²) in [4.78, 5) is 11.6. The van der Waals surface area contributed by atoms with Gasteiger partial charge in [0.15, 0.2) is 12.0 Å². The van der Waals surface area contributed by atoms with Gasteiger partial charge in [-0.3, -0.25) is 4.79 Å². The molecule has 0 saturated heterocycles. The van der Waals surface area contributed by atoms with Gasteiger partial charge in [0.25, 0.3) is 0 Å². The van der Waals surface area contributed by atoms with Crippen LogP contribution in [0.25, 0.3) is 0 Å². The maximum absolute atomic E-state index is 12.7. The fourth-order valence-electron chi connectivity index (χ4n) is 2.01. The highest BCUT2D eigenvalue weighted by Gasteiger charge is 2.48. The first-order valence-corrected chi connectivity index (χ1v) is 6.17. The normalized spacial score (nSPS) is 19.3. The lowest BCUT2D eigenvalue weighted by atomic mass is 9.88. The Labute approximate surface area is 118 Å². The first kappa shape index (κ1) is 15.5. The molecule has 2 heterocycles. The highest BCUT2D eigenvalue weighted by Crippen LogP contribution is 2.35. The molecule has 1 amide bonds. The SMILES string of the molecule is Cc1cnn2c1N(C(=O)C(F)(F)F)N=C(C(C)(C)C)C2O.